The summed E-state index contributed by atoms with van der Waals surface area (Å²) in [5.74, 6) is 0.941. The number of nitriles is 1. The maximum atomic E-state index is 13.8. The van der Waals surface area contributed by atoms with Gasteiger partial charge in [-0.05, 0) is 65.8 Å². The largest absolute Gasteiger partial charge is 0.496 e. The highest BCUT2D eigenvalue weighted by Gasteiger charge is 2.34. The molecule has 0 radical (unpaired) electrons. The van der Waals surface area contributed by atoms with Gasteiger partial charge < -0.3 is 9.64 Å². The molecule has 0 heterocycles. The van der Waals surface area contributed by atoms with Crippen LogP contribution in [0, 0.1) is 11.3 Å². The van der Waals surface area contributed by atoms with Gasteiger partial charge in [-0.2, -0.15) is 5.26 Å². The third kappa shape index (κ3) is 9.47. The van der Waals surface area contributed by atoms with Gasteiger partial charge in [0.1, 0.15) is 11.2 Å². The van der Waals surface area contributed by atoms with Gasteiger partial charge in [0, 0.05) is 30.1 Å². The summed E-state index contributed by atoms with van der Waals surface area (Å²) in [4.78, 5) is 15.8. The quantitative estimate of drug-likeness (QED) is 0.102. The summed E-state index contributed by atoms with van der Waals surface area (Å²) in [7, 11) is 1.67. The molecule has 0 aromatic heterocycles. The standard InChI is InChI=1S/C41H47ClN2O2/c1-3-4-5-6-7-8-15-21-40(45)44(31-33-22-27-39(46-2)38(30-33)34-23-25-37(42)26-24-34)29-16-28-41(32-43,35-17-11-9-12-18-35)36-19-13-10-14-20-36/h9-14,17-20,22-27,30H,3-8,15-16,21,28-29,31H2,1-2H3. The Morgan fingerprint density at radius 2 is 1.41 bits per heavy atom. The molecule has 0 aliphatic carbocycles. The maximum Gasteiger partial charge on any atom is 0.222 e. The second-order valence-electron chi connectivity index (χ2n) is 12.1. The Balaban J connectivity index is 1.54. The first-order chi connectivity index (χ1) is 22.5. The third-order valence-corrected chi connectivity index (χ3v) is 9.10. The molecule has 1 amide bonds. The summed E-state index contributed by atoms with van der Waals surface area (Å²) in [5.41, 5.74) is 4.18. The average Bonchev–Trinajstić information content (AvgIpc) is 3.10. The predicted octanol–water partition coefficient (Wildman–Crippen LogP) is 10.8. The Morgan fingerprint density at radius 3 is 2.00 bits per heavy atom. The van der Waals surface area contributed by atoms with Crippen LogP contribution in [-0.2, 0) is 16.8 Å². The number of unbranched alkanes of at least 4 members (excludes halogenated alkanes) is 6. The summed E-state index contributed by atoms with van der Waals surface area (Å²) >= 11 is 6.17. The Hall–Kier alpha value is -4.07. The molecule has 4 nitrogen and oxygen atoms in total. The number of nitrogens with zero attached hydrogens (tertiary/aromatic N) is 2. The van der Waals surface area contributed by atoms with Crippen LogP contribution in [0.25, 0.3) is 11.1 Å². The average molecular weight is 635 g/mol. The Morgan fingerprint density at radius 1 is 0.804 bits per heavy atom. The van der Waals surface area contributed by atoms with Crippen molar-refractivity contribution in [3.8, 4) is 22.9 Å². The Labute approximate surface area is 281 Å². The molecule has 240 valence electrons. The summed E-state index contributed by atoms with van der Waals surface area (Å²) in [6.07, 6.45) is 10.0. The number of amides is 1. The first-order valence-electron chi connectivity index (χ1n) is 16.7. The molecule has 0 bridgehead atoms. The van der Waals surface area contributed by atoms with Crippen LogP contribution in [0.5, 0.6) is 5.75 Å². The van der Waals surface area contributed by atoms with Crippen molar-refractivity contribution in [2.75, 3.05) is 13.7 Å². The Kier molecular flexibility index (Phi) is 13.7. The van der Waals surface area contributed by atoms with Gasteiger partial charge in [-0.1, -0.05) is 136 Å². The van der Waals surface area contributed by atoms with Crippen molar-refractivity contribution in [1.29, 1.82) is 5.26 Å². The van der Waals surface area contributed by atoms with Crippen molar-refractivity contribution in [2.24, 2.45) is 0 Å². The Bertz CT molecular complexity index is 1490. The highest BCUT2D eigenvalue weighted by Crippen LogP contribution is 2.37. The summed E-state index contributed by atoms with van der Waals surface area (Å²) in [6.45, 7) is 3.30. The lowest BCUT2D eigenvalue weighted by Crippen LogP contribution is -2.33. The third-order valence-electron chi connectivity index (χ3n) is 8.84. The van der Waals surface area contributed by atoms with Crippen molar-refractivity contribution in [2.45, 2.75) is 83.1 Å². The fourth-order valence-electron chi connectivity index (χ4n) is 6.23. The zero-order valence-corrected chi connectivity index (χ0v) is 28.1. The fraction of sp³-hybridized carbons (Fsp3) is 0.366. The van der Waals surface area contributed by atoms with E-state index in [2.05, 4.69) is 19.1 Å². The first kappa shape index (κ1) is 34.8. The number of hydrogen-bond acceptors (Lipinski definition) is 3. The molecular weight excluding hydrogens is 588 g/mol. The minimum Gasteiger partial charge on any atom is -0.496 e. The number of carbonyl (C=O) groups excluding carboxylic acids is 1. The number of benzene rings is 4. The summed E-state index contributed by atoms with van der Waals surface area (Å²) in [5, 5.41) is 11.3. The minimum absolute atomic E-state index is 0.166. The van der Waals surface area contributed by atoms with Crippen molar-refractivity contribution in [3.63, 3.8) is 0 Å². The molecule has 0 aliphatic heterocycles. The molecule has 4 rings (SSSR count). The van der Waals surface area contributed by atoms with Crippen LogP contribution in [0.2, 0.25) is 5.02 Å². The van der Waals surface area contributed by atoms with Gasteiger partial charge in [0.2, 0.25) is 5.91 Å². The molecule has 4 aromatic rings. The lowest BCUT2D eigenvalue weighted by Gasteiger charge is -2.30. The van der Waals surface area contributed by atoms with E-state index in [0.717, 1.165) is 46.4 Å². The van der Waals surface area contributed by atoms with Gasteiger partial charge in [0.25, 0.3) is 0 Å². The van der Waals surface area contributed by atoms with Gasteiger partial charge in [0.05, 0.1) is 13.2 Å². The number of hydrogen-bond donors (Lipinski definition) is 0. The number of methoxy groups -OCH3 is 1. The van der Waals surface area contributed by atoms with Gasteiger partial charge in [-0.3, -0.25) is 4.79 Å². The number of rotatable bonds is 18. The highest BCUT2D eigenvalue weighted by molar-refractivity contribution is 6.30. The zero-order chi connectivity index (χ0) is 32.6. The molecule has 0 unspecified atom stereocenters. The molecule has 46 heavy (non-hydrogen) atoms. The van der Waals surface area contributed by atoms with E-state index in [0.29, 0.717) is 37.4 Å². The van der Waals surface area contributed by atoms with E-state index in [-0.39, 0.29) is 5.91 Å². The fourth-order valence-corrected chi connectivity index (χ4v) is 6.36. The van der Waals surface area contributed by atoms with E-state index in [9.17, 15) is 10.1 Å². The van der Waals surface area contributed by atoms with E-state index in [1.165, 1.54) is 32.1 Å². The van der Waals surface area contributed by atoms with Gasteiger partial charge in [-0.15, -0.1) is 0 Å². The number of halogens is 1. The van der Waals surface area contributed by atoms with Crippen LogP contribution >= 0.6 is 11.6 Å². The molecule has 0 fully saturated rings. The second kappa shape index (κ2) is 18.2. The molecule has 0 N–H and O–H groups in total. The monoisotopic (exact) mass is 634 g/mol. The minimum atomic E-state index is -0.794. The molecule has 0 aliphatic rings. The first-order valence-corrected chi connectivity index (χ1v) is 17.1. The van der Waals surface area contributed by atoms with Gasteiger partial charge in [-0.25, -0.2) is 0 Å². The molecule has 5 heteroatoms. The van der Waals surface area contributed by atoms with Crippen LogP contribution in [0.4, 0.5) is 0 Å². The van der Waals surface area contributed by atoms with Crippen molar-refractivity contribution < 1.29 is 9.53 Å². The number of ether oxygens (including phenoxy) is 1. The predicted molar refractivity (Wildman–Crippen MR) is 190 cm³/mol. The summed E-state index contributed by atoms with van der Waals surface area (Å²) in [6, 6.07) is 36.6. The second-order valence-corrected chi connectivity index (χ2v) is 12.5. The van der Waals surface area contributed by atoms with E-state index in [4.69, 9.17) is 16.3 Å². The maximum absolute atomic E-state index is 13.8. The van der Waals surface area contributed by atoms with Crippen molar-refractivity contribution in [3.05, 3.63) is 125 Å². The molecular formula is C41H47ClN2O2. The van der Waals surface area contributed by atoms with Crippen LogP contribution in [0.3, 0.4) is 0 Å². The molecule has 0 saturated carbocycles. The molecule has 0 atom stereocenters. The summed E-state index contributed by atoms with van der Waals surface area (Å²) < 4.78 is 5.69. The lowest BCUT2D eigenvalue weighted by molar-refractivity contribution is -0.132. The van der Waals surface area contributed by atoms with Gasteiger partial charge >= 0.3 is 0 Å². The lowest BCUT2D eigenvalue weighted by atomic mass is 9.72. The van der Waals surface area contributed by atoms with Crippen LogP contribution in [-0.4, -0.2) is 24.5 Å². The normalized spacial score (nSPS) is 11.2. The van der Waals surface area contributed by atoms with Crippen molar-refractivity contribution in [1.82, 2.24) is 4.90 Å². The van der Waals surface area contributed by atoms with E-state index < -0.39 is 5.41 Å². The zero-order valence-electron chi connectivity index (χ0n) is 27.4. The van der Waals surface area contributed by atoms with Crippen LogP contribution in [0.1, 0.15) is 87.8 Å². The van der Waals surface area contributed by atoms with E-state index >= 15 is 0 Å². The topological polar surface area (TPSA) is 53.3 Å². The van der Waals surface area contributed by atoms with E-state index in [1.54, 1.807) is 7.11 Å². The SMILES string of the molecule is CCCCCCCCCC(=O)N(CCCC(C#N)(c1ccccc1)c1ccccc1)Cc1ccc(OC)c(-c2ccc(Cl)cc2)c1. The molecule has 0 saturated heterocycles. The molecule has 4 aromatic carbocycles. The van der Waals surface area contributed by atoms with Crippen molar-refractivity contribution >= 4 is 17.5 Å². The highest BCUT2D eigenvalue weighted by atomic mass is 35.5. The van der Waals surface area contributed by atoms with E-state index in [1.807, 2.05) is 102 Å². The van der Waals surface area contributed by atoms with Crippen LogP contribution < -0.4 is 4.74 Å². The van der Waals surface area contributed by atoms with Crippen LogP contribution in [0.15, 0.2) is 103 Å². The van der Waals surface area contributed by atoms with Gasteiger partial charge in [0.15, 0.2) is 0 Å². The smallest absolute Gasteiger partial charge is 0.222 e. The number of carbonyl (C=O) groups is 1. The molecule has 0 spiro atoms.